The molecular weight excluding hydrogens is 603 g/mol. The van der Waals surface area contributed by atoms with E-state index in [0.29, 0.717) is 59.5 Å². The molecule has 4 N–H and O–H groups in total. The topological polar surface area (TPSA) is 142 Å². The Morgan fingerprint density at radius 2 is 1.98 bits per heavy atom. The van der Waals surface area contributed by atoms with Crippen molar-refractivity contribution in [3.05, 3.63) is 69.5 Å². The summed E-state index contributed by atoms with van der Waals surface area (Å²) in [6.07, 6.45) is 3.68. The van der Waals surface area contributed by atoms with Gasteiger partial charge in [-0.25, -0.2) is 0 Å². The number of fused-ring (bicyclic) bond motifs is 1. The summed E-state index contributed by atoms with van der Waals surface area (Å²) in [6.45, 7) is 5.06. The minimum atomic E-state index is -0.746. The zero-order chi connectivity index (χ0) is 31.2. The average molecular weight is 644 g/mol. The smallest absolute Gasteiger partial charge is 0.243 e. The number of ether oxygens (including phenoxy) is 1. The highest BCUT2D eigenvalue weighted by Crippen LogP contribution is 2.36. The summed E-state index contributed by atoms with van der Waals surface area (Å²) in [5, 5.41) is 17.9. The highest BCUT2D eigenvalue weighted by molar-refractivity contribution is 6.43. The molecule has 0 saturated carbocycles. The van der Waals surface area contributed by atoms with Crippen LogP contribution < -0.4 is 15.8 Å². The van der Waals surface area contributed by atoms with Crippen molar-refractivity contribution in [2.75, 3.05) is 13.1 Å². The highest BCUT2D eigenvalue weighted by atomic mass is 35.5. The predicted molar refractivity (Wildman–Crippen MR) is 168 cm³/mol. The van der Waals surface area contributed by atoms with Gasteiger partial charge >= 0.3 is 0 Å². The number of carbonyl (C=O) groups is 2. The number of nitrogens with zero attached hydrogens (tertiary/aromatic N) is 5. The Morgan fingerprint density at radius 1 is 1.18 bits per heavy atom. The number of benzene rings is 2. The molecule has 2 fully saturated rings. The van der Waals surface area contributed by atoms with Gasteiger partial charge in [0.1, 0.15) is 16.8 Å². The number of aryl methyl sites for hydroxylation is 2. The molecule has 2 aliphatic heterocycles. The second-order valence-corrected chi connectivity index (χ2v) is 12.6. The minimum Gasteiger partial charge on any atom is -0.489 e. The Kier molecular flexibility index (Phi) is 10.7. The quantitative estimate of drug-likeness (QED) is 0.272. The monoisotopic (exact) mass is 642 g/mol. The first-order valence-corrected chi connectivity index (χ1v) is 16.0. The number of rotatable bonds is 12. The zero-order valence-corrected chi connectivity index (χ0v) is 26.6. The number of tetrazole rings is 1. The fourth-order valence-corrected chi connectivity index (χ4v) is 6.63. The van der Waals surface area contributed by atoms with Gasteiger partial charge in [0, 0.05) is 43.7 Å². The van der Waals surface area contributed by atoms with Gasteiger partial charge in [-0.05, 0) is 57.6 Å². The number of halogens is 2. The van der Waals surface area contributed by atoms with Crippen LogP contribution in [0.1, 0.15) is 56.5 Å². The molecule has 2 aromatic carbocycles. The summed E-state index contributed by atoms with van der Waals surface area (Å²) in [5.41, 5.74) is 8.37. The Labute approximate surface area is 267 Å². The van der Waals surface area contributed by atoms with Gasteiger partial charge in [-0.1, -0.05) is 64.8 Å². The molecule has 1 aromatic heterocycles. The van der Waals surface area contributed by atoms with Crippen LogP contribution in [0, 0.1) is 0 Å². The van der Waals surface area contributed by atoms with Crippen molar-refractivity contribution in [3.8, 4) is 5.75 Å². The van der Waals surface area contributed by atoms with Gasteiger partial charge in [0.05, 0.1) is 17.2 Å². The third kappa shape index (κ3) is 7.69. The Hall–Kier alpha value is -3.25. The summed E-state index contributed by atoms with van der Waals surface area (Å²) in [7, 11) is 0. The number of hydrogen-bond acceptors (Lipinski definition) is 8. The van der Waals surface area contributed by atoms with E-state index in [1.54, 1.807) is 17.0 Å². The number of nitrogens with two attached hydrogens (primary N) is 1. The Morgan fingerprint density at radius 3 is 2.70 bits per heavy atom. The maximum Gasteiger partial charge on any atom is 0.243 e. The third-order valence-electron chi connectivity index (χ3n) is 8.37. The normalized spacial score (nSPS) is 21.3. The van der Waals surface area contributed by atoms with Crippen LogP contribution in [-0.2, 0) is 29.0 Å². The van der Waals surface area contributed by atoms with Crippen LogP contribution >= 0.6 is 23.2 Å². The second-order valence-electron chi connectivity index (χ2n) is 11.8. The number of amides is 2. The molecule has 13 heteroatoms. The van der Waals surface area contributed by atoms with Crippen LogP contribution in [0.15, 0.2) is 42.5 Å². The van der Waals surface area contributed by atoms with Crippen LogP contribution in [-0.4, -0.2) is 85.6 Å². The van der Waals surface area contributed by atoms with Crippen molar-refractivity contribution >= 4 is 35.0 Å². The molecule has 5 rings (SSSR count). The summed E-state index contributed by atoms with van der Waals surface area (Å²) in [4.78, 5) is 32.2. The largest absolute Gasteiger partial charge is 0.489 e. The molecule has 0 bridgehead atoms. The predicted octanol–water partition coefficient (Wildman–Crippen LogP) is 3.55. The van der Waals surface area contributed by atoms with Crippen molar-refractivity contribution in [1.29, 1.82) is 0 Å². The van der Waals surface area contributed by atoms with E-state index < -0.39 is 6.04 Å². The lowest BCUT2D eigenvalue weighted by molar-refractivity contribution is -0.143. The Balaban J connectivity index is 1.36. The number of carbonyl (C=O) groups excluding carboxylic acids is 2. The Bertz CT molecular complexity index is 1410. The molecule has 4 atom stereocenters. The van der Waals surface area contributed by atoms with Gasteiger partial charge in [0.2, 0.25) is 11.8 Å². The standard InChI is InChI=1S/C31H40Cl2N8O3/c1-19(2)44-29-21(9-11-24(32)28(29)33)17-35-30(42)25(12-13-27-36-38-39-37-27)40-15-14-23(10-8-20-6-4-3-5-7-20)41-18-22(34)16-26(41)31(40)43/h3-7,9,11,19,22-23,25-26H,8,10,12-18,34H2,1-2H3,(H,35,42)(H,36,37,38,39)/t22-,23?,25-,26+/m1/s1. The number of aromatic nitrogens is 4. The number of H-pyrrole nitrogens is 1. The molecule has 11 nitrogen and oxygen atoms in total. The van der Waals surface area contributed by atoms with E-state index in [9.17, 15) is 9.59 Å². The number of hydrogen-bond donors (Lipinski definition) is 3. The minimum absolute atomic E-state index is 0.0632. The van der Waals surface area contributed by atoms with E-state index in [1.165, 1.54) is 5.56 Å². The second kappa shape index (κ2) is 14.7. The fourth-order valence-electron chi connectivity index (χ4n) is 6.25. The lowest BCUT2D eigenvalue weighted by atomic mass is 10.0. The van der Waals surface area contributed by atoms with Crippen LogP contribution in [0.3, 0.4) is 0 Å². The van der Waals surface area contributed by atoms with Crippen LogP contribution in [0.4, 0.5) is 0 Å². The number of aromatic amines is 1. The van der Waals surface area contributed by atoms with E-state index in [1.807, 2.05) is 32.0 Å². The highest BCUT2D eigenvalue weighted by Gasteiger charge is 2.45. The summed E-state index contributed by atoms with van der Waals surface area (Å²) >= 11 is 12.7. The first-order valence-electron chi connectivity index (χ1n) is 15.2. The van der Waals surface area contributed by atoms with Gasteiger partial charge in [0.15, 0.2) is 5.82 Å². The van der Waals surface area contributed by atoms with Crippen LogP contribution in [0.25, 0.3) is 0 Å². The zero-order valence-electron chi connectivity index (χ0n) is 25.1. The number of nitrogens with one attached hydrogen (secondary N) is 2. The molecule has 3 aromatic rings. The van der Waals surface area contributed by atoms with E-state index in [-0.39, 0.29) is 42.6 Å². The van der Waals surface area contributed by atoms with Crippen molar-refractivity contribution in [1.82, 2.24) is 35.7 Å². The average Bonchev–Trinajstić information content (AvgIpc) is 3.65. The van der Waals surface area contributed by atoms with Crippen LogP contribution in [0.5, 0.6) is 5.75 Å². The van der Waals surface area contributed by atoms with Crippen LogP contribution in [0.2, 0.25) is 10.0 Å². The summed E-state index contributed by atoms with van der Waals surface area (Å²) < 4.78 is 5.94. The molecule has 3 heterocycles. The van der Waals surface area contributed by atoms with E-state index in [4.69, 9.17) is 33.7 Å². The molecule has 2 aliphatic rings. The SMILES string of the molecule is CC(C)Oc1c(CNC(=O)[C@@H](CCc2nn[nH]n2)N2CCC(CCc3ccccc3)N3C[C@H](N)C[C@H]3C2=O)ccc(Cl)c1Cl. The lowest BCUT2D eigenvalue weighted by Crippen LogP contribution is -2.53. The molecule has 0 aliphatic carbocycles. The third-order valence-corrected chi connectivity index (χ3v) is 9.16. The van der Waals surface area contributed by atoms with E-state index in [2.05, 4.69) is 43.0 Å². The molecule has 44 heavy (non-hydrogen) atoms. The molecular formula is C31H40Cl2N8O3. The molecule has 2 saturated heterocycles. The lowest BCUT2D eigenvalue weighted by Gasteiger charge is -2.32. The van der Waals surface area contributed by atoms with Gasteiger partial charge in [-0.15, -0.1) is 10.2 Å². The van der Waals surface area contributed by atoms with Crippen molar-refractivity contribution in [3.63, 3.8) is 0 Å². The van der Waals surface area contributed by atoms with E-state index >= 15 is 0 Å². The summed E-state index contributed by atoms with van der Waals surface area (Å²) in [5.74, 6) is 0.569. The van der Waals surface area contributed by atoms with Gasteiger partial charge in [-0.3, -0.25) is 14.5 Å². The molecule has 1 unspecified atom stereocenters. The molecule has 0 spiro atoms. The first kappa shape index (κ1) is 32.2. The fraction of sp³-hybridized carbons (Fsp3) is 0.516. The van der Waals surface area contributed by atoms with Gasteiger partial charge in [-0.2, -0.15) is 5.21 Å². The van der Waals surface area contributed by atoms with Crippen molar-refractivity contribution in [2.45, 2.75) is 89.2 Å². The maximum absolute atomic E-state index is 14.2. The molecule has 2 amide bonds. The van der Waals surface area contributed by atoms with Crippen molar-refractivity contribution < 1.29 is 14.3 Å². The molecule has 0 radical (unpaired) electrons. The van der Waals surface area contributed by atoms with Gasteiger partial charge in [0.25, 0.3) is 0 Å². The molecule has 236 valence electrons. The summed E-state index contributed by atoms with van der Waals surface area (Å²) in [6, 6.07) is 12.8. The van der Waals surface area contributed by atoms with Gasteiger partial charge < -0.3 is 20.7 Å². The maximum atomic E-state index is 14.2. The van der Waals surface area contributed by atoms with Crippen molar-refractivity contribution in [2.24, 2.45) is 5.73 Å². The van der Waals surface area contributed by atoms with E-state index in [0.717, 1.165) is 19.3 Å². The first-order chi connectivity index (χ1) is 21.2.